The minimum atomic E-state index is -1.79. The molecule has 1 saturated heterocycles. The number of benzene rings is 3. The zero-order valence-electron chi connectivity index (χ0n) is 23.5. The van der Waals surface area contributed by atoms with E-state index in [1.54, 1.807) is 18.2 Å². The molecule has 0 spiro atoms. The highest BCUT2D eigenvalue weighted by Gasteiger charge is 2.55. The van der Waals surface area contributed by atoms with Crippen molar-refractivity contribution in [2.24, 2.45) is 17.8 Å². The molecule has 3 aromatic rings. The molecule has 6 N–H and O–H groups in total. The van der Waals surface area contributed by atoms with Crippen molar-refractivity contribution in [3.05, 3.63) is 101 Å². The number of imide groups is 1. The van der Waals surface area contributed by atoms with E-state index in [0.717, 1.165) is 16.0 Å². The van der Waals surface area contributed by atoms with Gasteiger partial charge < -0.3 is 30.5 Å². The number of phenolic OH excluding ortho intramolecular Hbond substituents is 1. The molecule has 0 radical (unpaired) electrons. The van der Waals surface area contributed by atoms with Crippen LogP contribution in [0.3, 0.4) is 0 Å². The van der Waals surface area contributed by atoms with E-state index in [-0.39, 0.29) is 29.7 Å². The van der Waals surface area contributed by atoms with Crippen LogP contribution in [0.15, 0.2) is 90.0 Å². The molecule has 0 bridgehead atoms. The number of fused-ring (bicyclic) bond motifs is 1. The zero-order valence-corrected chi connectivity index (χ0v) is 23.5. The van der Waals surface area contributed by atoms with Gasteiger partial charge in [0.1, 0.15) is 5.75 Å². The second kappa shape index (κ2) is 13.1. The van der Waals surface area contributed by atoms with Crippen LogP contribution in [-0.4, -0.2) is 68.7 Å². The van der Waals surface area contributed by atoms with E-state index in [2.05, 4.69) is 0 Å². The second-order valence-electron chi connectivity index (χ2n) is 11.0. The molecule has 1 fully saturated rings. The summed E-state index contributed by atoms with van der Waals surface area (Å²) in [6, 6.07) is 22.3. The molecular formula is C33H34BNO8. The molecule has 2 amide bonds. The van der Waals surface area contributed by atoms with Crippen LogP contribution >= 0.6 is 0 Å². The number of hydrogen-bond acceptors (Lipinski definition) is 8. The lowest BCUT2D eigenvalue weighted by Gasteiger charge is -2.36. The highest BCUT2D eigenvalue weighted by Crippen LogP contribution is 2.47. The van der Waals surface area contributed by atoms with E-state index >= 15 is 0 Å². The molecule has 4 atom stereocenters. The number of amides is 2. The van der Waals surface area contributed by atoms with Crippen molar-refractivity contribution >= 4 is 41.7 Å². The lowest BCUT2D eigenvalue weighted by Crippen LogP contribution is -2.39. The van der Waals surface area contributed by atoms with Crippen molar-refractivity contribution < 1.29 is 40.1 Å². The zero-order chi connectivity index (χ0) is 30.7. The summed E-state index contributed by atoms with van der Waals surface area (Å²) in [5.41, 5.74) is 3.45. The monoisotopic (exact) mass is 583 g/mol. The topological polar surface area (TPSA) is 159 Å². The quantitative estimate of drug-likeness (QED) is 0.0914. The molecule has 1 aliphatic heterocycles. The Morgan fingerprint density at radius 2 is 1.67 bits per heavy atom. The molecule has 1 heterocycles. The van der Waals surface area contributed by atoms with Crippen LogP contribution in [-0.2, 0) is 9.59 Å². The molecule has 0 unspecified atom stereocenters. The van der Waals surface area contributed by atoms with Gasteiger partial charge in [-0.3, -0.25) is 14.5 Å². The molecule has 43 heavy (non-hydrogen) atoms. The summed E-state index contributed by atoms with van der Waals surface area (Å²) in [6.07, 6.45) is 1.36. The average molecular weight is 583 g/mol. The Balaban J connectivity index is 1.43. The molecule has 0 saturated carbocycles. The Morgan fingerprint density at radius 3 is 2.35 bits per heavy atom. The van der Waals surface area contributed by atoms with Crippen molar-refractivity contribution in [3.8, 4) is 5.75 Å². The minimum absolute atomic E-state index is 0.0483. The molecule has 222 valence electrons. The largest absolute Gasteiger partial charge is 0.507 e. The van der Waals surface area contributed by atoms with Crippen LogP contribution in [0.25, 0.3) is 11.6 Å². The maximum atomic E-state index is 13.7. The fraction of sp³-hybridized carbons (Fsp3) is 0.273. The van der Waals surface area contributed by atoms with Gasteiger partial charge in [-0.25, -0.2) is 0 Å². The van der Waals surface area contributed by atoms with Crippen molar-refractivity contribution in [1.29, 1.82) is 0 Å². The summed E-state index contributed by atoms with van der Waals surface area (Å²) in [4.78, 5) is 28.2. The van der Waals surface area contributed by atoms with Gasteiger partial charge >= 0.3 is 7.12 Å². The molecule has 9 nitrogen and oxygen atoms in total. The normalized spacial score (nSPS) is 21.3. The summed E-state index contributed by atoms with van der Waals surface area (Å²) in [5.74, 6) is -3.63. The van der Waals surface area contributed by atoms with Crippen molar-refractivity contribution in [3.63, 3.8) is 0 Å². The highest BCUT2D eigenvalue weighted by atomic mass is 16.4. The predicted molar refractivity (Wildman–Crippen MR) is 163 cm³/mol. The fourth-order valence-corrected chi connectivity index (χ4v) is 6.38. The van der Waals surface area contributed by atoms with E-state index in [0.29, 0.717) is 23.1 Å². The van der Waals surface area contributed by atoms with Gasteiger partial charge in [-0.15, -0.1) is 0 Å². The SMILES string of the molecule is O=C1[C@@H]2[C@@H](CC(CO)=C([C@H](O)CC/C(=C/c3ccccc3O)c3ccccc3)[C@@H]2CO)C(=O)N1c1cccc(B(O)O)c1. The first-order valence-electron chi connectivity index (χ1n) is 14.2. The number of allylic oxidation sites excluding steroid dienone is 1. The fourth-order valence-electron chi connectivity index (χ4n) is 6.38. The number of phenols is 1. The Bertz CT molecular complexity index is 1550. The average Bonchev–Trinajstić information content (AvgIpc) is 3.28. The summed E-state index contributed by atoms with van der Waals surface area (Å²) in [6.45, 7) is -0.961. The van der Waals surface area contributed by atoms with Gasteiger partial charge in [-0.1, -0.05) is 60.7 Å². The molecular weight excluding hydrogens is 549 g/mol. The third kappa shape index (κ3) is 6.06. The highest BCUT2D eigenvalue weighted by molar-refractivity contribution is 6.58. The van der Waals surface area contributed by atoms with E-state index in [1.807, 2.05) is 42.5 Å². The molecule has 10 heteroatoms. The van der Waals surface area contributed by atoms with E-state index in [1.165, 1.54) is 24.3 Å². The number of nitrogens with zero attached hydrogens (tertiary/aromatic N) is 1. The van der Waals surface area contributed by atoms with E-state index < -0.39 is 56.0 Å². The lowest BCUT2D eigenvalue weighted by atomic mass is 9.68. The Morgan fingerprint density at radius 1 is 0.953 bits per heavy atom. The number of aliphatic hydroxyl groups is 3. The lowest BCUT2D eigenvalue weighted by molar-refractivity contribution is -0.123. The second-order valence-corrected chi connectivity index (χ2v) is 11.0. The van der Waals surface area contributed by atoms with Gasteiger partial charge in [-0.2, -0.15) is 0 Å². The maximum absolute atomic E-state index is 13.7. The first-order valence-corrected chi connectivity index (χ1v) is 14.2. The number of aliphatic hydroxyl groups excluding tert-OH is 3. The van der Waals surface area contributed by atoms with Crippen LogP contribution in [0.2, 0.25) is 0 Å². The first-order chi connectivity index (χ1) is 20.7. The molecule has 3 aromatic carbocycles. The van der Waals surface area contributed by atoms with Crippen LogP contribution in [0.5, 0.6) is 5.75 Å². The number of para-hydroxylation sites is 1. The van der Waals surface area contributed by atoms with Crippen LogP contribution in [0.1, 0.15) is 30.4 Å². The summed E-state index contributed by atoms with van der Waals surface area (Å²) < 4.78 is 0. The summed E-state index contributed by atoms with van der Waals surface area (Å²) in [7, 11) is -1.79. The van der Waals surface area contributed by atoms with E-state index in [4.69, 9.17) is 0 Å². The van der Waals surface area contributed by atoms with Gasteiger partial charge in [0.15, 0.2) is 0 Å². The standard InChI is InChI=1S/C33H34BNO8/c36-18-23-16-26-31(33(41)35(32(26)40)25-11-6-10-24(17-25)34(42)43)27(19-37)30(23)29(39)14-13-21(20-7-2-1-3-8-20)15-22-9-4-5-12-28(22)38/h1-12,15,17,26-27,29,31,36-39,42-43H,13-14,16,18-19H2/b21-15-/t26-,27+,29-,31-/m1/s1. The van der Waals surface area contributed by atoms with Gasteiger partial charge in [-0.05, 0) is 71.3 Å². The van der Waals surface area contributed by atoms with Crippen molar-refractivity contribution in [2.45, 2.75) is 25.4 Å². The van der Waals surface area contributed by atoms with Crippen LogP contribution in [0, 0.1) is 17.8 Å². The molecule has 1 aliphatic carbocycles. The van der Waals surface area contributed by atoms with Crippen LogP contribution in [0.4, 0.5) is 5.69 Å². The maximum Gasteiger partial charge on any atom is 0.488 e. The molecule has 0 aromatic heterocycles. The Kier molecular flexibility index (Phi) is 9.24. The number of rotatable bonds is 10. The van der Waals surface area contributed by atoms with Crippen LogP contribution < -0.4 is 10.4 Å². The third-order valence-electron chi connectivity index (χ3n) is 8.46. The number of carbonyl (C=O) groups is 2. The third-order valence-corrected chi connectivity index (χ3v) is 8.46. The Labute approximate surface area is 249 Å². The summed E-state index contributed by atoms with van der Waals surface area (Å²) >= 11 is 0. The summed E-state index contributed by atoms with van der Waals surface area (Å²) in [5, 5.41) is 61.9. The number of aromatic hydroxyl groups is 1. The molecule has 5 rings (SSSR count). The smallest absolute Gasteiger partial charge is 0.488 e. The van der Waals surface area contributed by atoms with E-state index in [9.17, 15) is 40.1 Å². The van der Waals surface area contributed by atoms with Gasteiger partial charge in [0.25, 0.3) is 0 Å². The predicted octanol–water partition coefficient (Wildman–Crippen LogP) is 1.86. The first kappa shape index (κ1) is 30.4. The van der Waals surface area contributed by atoms with Gasteiger partial charge in [0.2, 0.25) is 11.8 Å². The van der Waals surface area contributed by atoms with Crippen molar-refractivity contribution in [1.82, 2.24) is 0 Å². The number of anilines is 1. The van der Waals surface area contributed by atoms with Crippen molar-refractivity contribution in [2.75, 3.05) is 18.1 Å². The Hall–Kier alpha value is -4.06. The molecule has 2 aliphatic rings. The number of carbonyl (C=O) groups excluding carboxylic acids is 2. The number of hydrogen-bond donors (Lipinski definition) is 6. The van der Waals surface area contributed by atoms with Gasteiger partial charge in [0, 0.05) is 11.5 Å². The van der Waals surface area contributed by atoms with Gasteiger partial charge in [0.05, 0.1) is 36.8 Å². The minimum Gasteiger partial charge on any atom is -0.507 e.